The molecule has 0 bridgehead atoms. The summed E-state index contributed by atoms with van der Waals surface area (Å²) in [5.74, 6) is 1.24. The fourth-order valence-electron chi connectivity index (χ4n) is 2.60. The van der Waals surface area contributed by atoms with Crippen LogP contribution in [0.5, 0.6) is 0 Å². The van der Waals surface area contributed by atoms with E-state index in [4.69, 9.17) is 10.7 Å². The van der Waals surface area contributed by atoms with Gasteiger partial charge in [0.2, 0.25) is 0 Å². The number of aromatic nitrogens is 2. The van der Waals surface area contributed by atoms with Gasteiger partial charge in [-0.25, -0.2) is 9.97 Å². The zero-order valence-electron chi connectivity index (χ0n) is 11.5. The van der Waals surface area contributed by atoms with Gasteiger partial charge in [0, 0.05) is 10.4 Å². The number of nitrogens with two attached hydrogens (primary N) is 1. The molecule has 0 aliphatic rings. The molecular formula is C17H13N3S. The van der Waals surface area contributed by atoms with Gasteiger partial charge in [0.25, 0.3) is 0 Å². The number of benzene rings is 2. The smallest absolute Gasteiger partial charge is 0.163 e. The maximum absolute atomic E-state index is 6.11. The Morgan fingerprint density at radius 1 is 0.952 bits per heavy atom. The molecule has 0 saturated carbocycles. The van der Waals surface area contributed by atoms with Crippen molar-refractivity contribution < 1.29 is 0 Å². The van der Waals surface area contributed by atoms with Crippen LogP contribution >= 0.6 is 11.3 Å². The number of nitrogens with zero attached hydrogens (tertiary/aromatic N) is 2. The van der Waals surface area contributed by atoms with E-state index in [-0.39, 0.29) is 0 Å². The summed E-state index contributed by atoms with van der Waals surface area (Å²) in [6.07, 6.45) is 0. The van der Waals surface area contributed by atoms with Gasteiger partial charge in [0.05, 0.1) is 5.39 Å². The molecule has 21 heavy (non-hydrogen) atoms. The number of hydrogen-bond donors (Lipinski definition) is 1. The number of anilines is 1. The summed E-state index contributed by atoms with van der Waals surface area (Å²) in [6.45, 7) is 2.06. The van der Waals surface area contributed by atoms with Crippen molar-refractivity contribution in [3.63, 3.8) is 0 Å². The van der Waals surface area contributed by atoms with Gasteiger partial charge < -0.3 is 5.73 Å². The number of thiophene rings is 1. The maximum atomic E-state index is 6.11. The van der Waals surface area contributed by atoms with E-state index < -0.39 is 0 Å². The first kappa shape index (κ1) is 12.3. The minimum absolute atomic E-state index is 0.548. The molecule has 102 valence electrons. The topological polar surface area (TPSA) is 51.8 Å². The molecule has 0 saturated heterocycles. The molecule has 2 N–H and O–H groups in total. The molecule has 0 fully saturated rings. The largest absolute Gasteiger partial charge is 0.383 e. The molecule has 0 aliphatic heterocycles. The third-order valence-corrected chi connectivity index (χ3v) is 4.52. The maximum Gasteiger partial charge on any atom is 0.163 e. The molecule has 2 aromatic carbocycles. The average Bonchev–Trinajstić information content (AvgIpc) is 2.87. The Morgan fingerprint density at radius 2 is 1.76 bits per heavy atom. The highest BCUT2D eigenvalue weighted by Crippen LogP contribution is 2.32. The van der Waals surface area contributed by atoms with Gasteiger partial charge in [-0.1, -0.05) is 42.5 Å². The van der Waals surface area contributed by atoms with Crippen molar-refractivity contribution in [2.45, 2.75) is 6.92 Å². The van der Waals surface area contributed by atoms with Gasteiger partial charge in [0.15, 0.2) is 5.82 Å². The first-order chi connectivity index (χ1) is 10.2. The van der Waals surface area contributed by atoms with Crippen LogP contribution in [0.4, 0.5) is 5.82 Å². The van der Waals surface area contributed by atoms with Crippen LogP contribution in [-0.2, 0) is 0 Å². The van der Waals surface area contributed by atoms with Crippen LogP contribution in [0.2, 0.25) is 0 Å². The Bertz CT molecular complexity index is 967. The highest BCUT2D eigenvalue weighted by atomic mass is 32.1. The second-order valence-electron chi connectivity index (χ2n) is 5.04. The van der Waals surface area contributed by atoms with Crippen molar-refractivity contribution in [1.29, 1.82) is 0 Å². The standard InChI is InChI=1S/C17H13N3S/c1-10-9-14-15(18)19-16(20-17(14)21-10)13-8-4-6-11-5-2-3-7-12(11)13/h2-9H,1H3,(H2,18,19,20). The molecule has 0 amide bonds. The fraction of sp³-hybridized carbons (Fsp3) is 0.0588. The average molecular weight is 291 g/mol. The van der Waals surface area contributed by atoms with E-state index in [9.17, 15) is 0 Å². The lowest BCUT2D eigenvalue weighted by atomic mass is 10.0. The lowest BCUT2D eigenvalue weighted by molar-refractivity contribution is 1.25. The number of fused-ring (bicyclic) bond motifs is 2. The van der Waals surface area contributed by atoms with Crippen LogP contribution in [0.25, 0.3) is 32.4 Å². The van der Waals surface area contributed by atoms with Crippen molar-refractivity contribution in [1.82, 2.24) is 9.97 Å². The monoisotopic (exact) mass is 291 g/mol. The number of aryl methyl sites for hydroxylation is 1. The molecule has 0 atom stereocenters. The molecule has 0 radical (unpaired) electrons. The zero-order valence-corrected chi connectivity index (χ0v) is 12.3. The van der Waals surface area contributed by atoms with Crippen molar-refractivity contribution in [2.24, 2.45) is 0 Å². The van der Waals surface area contributed by atoms with Crippen LogP contribution in [0.15, 0.2) is 48.5 Å². The van der Waals surface area contributed by atoms with Crippen LogP contribution in [0.1, 0.15) is 4.88 Å². The molecule has 0 unspecified atom stereocenters. The Hall–Kier alpha value is -2.46. The van der Waals surface area contributed by atoms with Crippen molar-refractivity contribution in [3.05, 3.63) is 53.4 Å². The van der Waals surface area contributed by atoms with Gasteiger partial charge in [-0.3, -0.25) is 0 Å². The molecule has 0 aliphatic carbocycles. The van der Waals surface area contributed by atoms with E-state index in [1.165, 1.54) is 10.3 Å². The summed E-state index contributed by atoms with van der Waals surface area (Å²) in [7, 11) is 0. The fourth-order valence-corrected chi connectivity index (χ4v) is 3.49. The molecule has 4 rings (SSSR count). The lowest BCUT2D eigenvalue weighted by Crippen LogP contribution is -1.96. The summed E-state index contributed by atoms with van der Waals surface area (Å²) in [5, 5.41) is 3.27. The van der Waals surface area contributed by atoms with Gasteiger partial charge >= 0.3 is 0 Å². The Labute approximate surface area is 126 Å². The summed E-state index contributed by atoms with van der Waals surface area (Å²) in [5.41, 5.74) is 7.13. The van der Waals surface area contributed by atoms with E-state index in [0.717, 1.165) is 21.2 Å². The van der Waals surface area contributed by atoms with Crippen LogP contribution in [0, 0.1) is 6.92 Å². The molecule has 3 nitrogen and oxygen atoms in total. The van der Waals surface area contributed by atoms with Gasteiger partial charge in [-0.05, 0) is 23.8 Å². The quantitative estimate of drug-likeness (QED) is 0.565. The number of rotatable bonds is 1. The molecular weight excluding hydrogens is 278 g/mol. The molecule has 4 heteroatoms. The van der Waals surface area contributed by atoms with Crippen LogP contribution < -0.4 is 5.73 Å². The summed E-state index contributed by atoms with van der Waals surface area (Å²) < 4.78 is 0. The predicted octanol–water partition coefficient (Wildman–Crippen LogP) is 4.40. The van der Waals surface area contributed by atoms with E-state index in [1.54, 1.807) is 11.3 Å². The van der Waals surface area contributed by atoms with Crippen molar-refractivity contribution in [3.8, 4) is 11.4 Å². The number of hydrogen-bond acceptors (Lipinski definition) is 4. The van der Waals surface area contributed by atoms with Gasteiger partial charge in [-0.15, -0.1) is 11.3 Å². The third kappa shape index (κ3) is 1.96. The van der Waals surface area contributed by atoms with Gasteiger partial charge in [0.1, 0.15) is 10.6 Å². The zero-order chi connectivity index (χ0) is 14.4. The second kappa shape index (κ2) is 4.53. The SMILES string of the molecule is Cc1cc2c(N)nc(-c3cccc4ccccc34)nc2s1. The predicted molar refractivity (Wildman–Crippen MR) is 89.5 cm³/mol. The number of nitrogen functional groups attached to an aromatic ring is 1. The summed E-state index contributed by atoms with van der Waals surface area (Å²) >= 11 is 1.65. The lowest BCUT2D eigenvalue weighted by Gasteiger charge is -2.06. The highest BCUT2D eigenvalue weighted by Gasteiger charge is 2.11. The molecule has 2 heterocycles. The third-order valence-electron chi connectivity index (χ3n) is 3.58. The summed E-state index contributed by atoms with van der Waals surface area (Å²) in [4.78, 5) is 11.4. The normalized spacial score (nSPS) is 11.3. The van der Waals surface area contributed by atoms with Crippen molar-refractivity contribution >= 4 is 38.1 Å². The highest BCUT2D eigenvalue weighted by molar-refractivity contribution is 7.18. The first-order valence-electron chi connectivity index (χ1n) is 6.74. The van der Waals surface area contributed by atoms with Crippen LogP contribution in [0.3, 0.4) is 0 Å². The summed E-state index contributed by atoms with van der Waals surface area (Å²) in [6, 6.07) is 16.5. The molecule has 4 aromatic rings. The molecule has 2 aromatic heterocycles. The Kier molecular flexibility index (Phi) is 2.65. The minimum Gasteiger partial charge on any atom is -0.383 e. The van der Waals surface area contributed by atoms with E-state index in [2.05, 4.69) is 30.1 Å². The van der Waals surface area contributed by atoms with E-state index >= 15 is 0 Å². The second-order valence-corrected chi connectivity index (χ2v) is 6.27. The Morgan fingerprint density at radius 3 is 2.67 bits per heavy atom. The van der Waals surface area contributed by atoms with Gasteiger partial charge in [-0.2, -0.15) is 0 Å². The Balaban J connectivity index is 2.04. The van der Waals surface area contributed by atoms with E-state index in [1.807, 2.05) is 30.3 Å². The van der Waals surface area contributed by atoms with Crippen molar-refractivity contribution in [2.75, 3.05) is 5.73 Å². The van der Waals surface area contributed by atoms with Crippen LogP contribution in [-0.4, -0.2) is 9.97 Å². The molecule has 0 spiro atoms. The first-order valence-corrected chi connectivity index (χ1v) is 7.56. The van der Waals surface area contributed by atoms with E-state index in [0.29, 0.717) is 11.6 Å². The minimum atomic E-state index is 0.548.